The number of carboxylic acid groups (broad SMARTS) is 1. The number of pyridine rings is 1. The van der Waals surface area contributed by atoms with E-state index in [-0.39, 0.29) is 18.1 Å². The molecule has 0 saturated carbocycles. The van der Waals surface area contributed by atoms with Crippen molar-refractivity contribution in [2.24, 2.45) is 11.8 Å². The zero-order valence-electron chi connectivity index (χ0n) is 10.9. The van der Waals surface area contributed by atoms with Gasteiger partial charge in [-0.1, -0.05) is 6.07 Å². The minimum atomic E-state index is -0.946. The van der Waals surface area contributed by atoms with Crippen molar-refractivity contribution in [2.75, 3.05) is 0 Å². The maximum absolute atomic E-state index is 12.2. The Labute approximate surface area is 116 Å². The third kappa shape index (κ3) is 2.27. The molecule has 4 atom stereocenters. The second kappa shape index (κ2) is 5.20. The van der Waals surface area contributed by atoms with Crippen LogP contribution in [0, 0.1) is 11.8 Å². The third-order valence-electron chi connectivity index (χ3n) is 4.05. The van der Waals surface area contributed by atoms with E-state index in [1.54, 1.807) is 18.5 Å². The van der Waals surface area contributed by atoms with E-state index in [1.807, 2.05) is 6.07 Å². The predicted octanol–water partition coefficient (Wildman–Crippen LogP) is 0.576. The summed E-state index contributed by atoms with van der Waals surface area (Å²) in [5.74, 6) is -2.49. The van der Waals surface area contributed by atoms with Crippen molar-refractivity contribution in [3.05, 3.63) is 30.1 Å². The average Bonchev–Trinajstić information content (AvgIpc) is 3.06. The Bertz CT molecular complexity index is 519. The molecule has 2 aliphatic heterocycles. The maximum atomic E-state index is 12.2. The summed E-state index contributed by atoms with van der Waals surface area (Å²) >= 11 is 0. The number of nitrogens with one attached hydrogen (secondary N) is 1. The number of carbonyl (C=O) groups is 2. The molecule has 0 spiro atoms. The molecule has 3 heterocycles. The van der Waals surface area contributed by atoms with Gasteiger partial charge in [0.2, 0.25) is 5.91 Å². The van der Waals surface area contributed by atoms with Gasteiger partial charge in [0.25, 0.3) is 0 Å². The number of nitrogens with zero attached hydrogens (tertiary/aromatic N) is 1. The highest BCUT2D eigenvalue weighted by molar-refractivity contribution is 5.86. The van der Waals surface area contributed by atoms with E-state index >= 15 is 0 Å². The van der Waals surface area contributed by atoms with Crippen LogP contribution in [0.5, 0.6) is 0 Å². The van der Waals surface area contributed by atoms with Crippen molar-refractivity contribution < 1.29 is 19.4 Å². The van der Waals surface area contributed by atoms with E-state index in [0.717, 1.165) is 18.4 Å². The van der Waals surface area contributed by atoms with Crippen molar-refractivity contribution in [3.8, 4) is 0 Å². The molecule has 2 bridgehead atoms. The minimum absolute atomic E-state index is 0.242. The topological polar surface area (TPSA) is 88.5 Å². The largest absolute Gasteiger partial charge is 0.481 e. The lowest BCUT2D eigenvalue weighted by Crippen LogP contribution is -2.43. The van der Waals surface area contributed by atoms with Gasteiger partial charge in [-0.05, 0) is 24.5 Å². The van der Waals surface area contributed by atoms with Crippen LogP contribution in [-0.4, -0.2) is 34.2 Å². The molecule has 0 aromatic carbocycles. The highest BCUT2D eigenvalue weighted by Gasteiger charge is 2.55. The Morgan fingerprint density at radius 1 is 1.35 bits per heavy atom. The van der Waals surface area contributed by atoms with Crippen LogP contribution >= 0.6 is 0 Å². The smallest absolute Gasteiger partial charge is 0.310 e. The zero-order valence-corrected chi connectivity index (χ0v) is 10.9. The average molecular weight is 276 g/mol. The lowest BCUT2D eigenvalue weighted by Gasteiger charge is -2.23. The molecule has 2 saturated heterocycles. The molecule has 1 aromatic rings. The van der Waals surface area contributed by atoms with Crippen LogP contribution in [0.1, 0.15) is 18.4 Å². The third-order valence-corrected chi connectivity index (χ3v) is 4.05. The molecule has 6 heteroatoms. The number of hydrogen-bond acceptors (Lipinski definition) is 4. The lowest BCUT2D eigenvalue weighted by molar-refractivity contribution is -0.147. The van der Waals surface area contributed by atoms with Gasteiger partial charge < -0.3 is 15.2 Å². The van der Waals surface area contributed by atoms with Crippen LogP contribution in [0.4, 0.5) is 0 Å². The molecule has 2 fully saturated rings. The first kappa shape index (κ1) is 13.1. The predicted molar refractivity (Wildman–Crippen MR) is 68.6 cm³/mol. The van der Waals surface area contributed by atoms with E-state index < -0.39 is 17.8 Å². The Morgan fingerprint density at radius 2 is 2.10 bits per heavy atom. The molecule has 2 N–H and O–H groups in total. The number of carboxylic acids is 1. The first-order valence-corrected chi connectivity index (χ1v) is 6.71. The number of fused-ring (bicyclic) bond motifs is 2. The summed E-state index contributed by atoms with van der Waals surface area (Å²) in [7, 11) is 0. The second-order valence-corrected chi connectivity index (χ2v) is 5.26. The van der Waals surface area contributed by atoms with E-state index in [9.17, 15) is 14.7 Å². The minimum Gasteiger partial charge on any atom is -0.481 e. The number of amides is 1. The molecule has 6 nitrogen and oxygen atoms in total. The number of ether oxygens (including phenoxy) is 1. The second-order valence-electron chi connectivity index (χ2n) is 5.26. The summed E-state index contributed by atoms with van der Waals surface area (Å²) in [6, 6.07) is 3.65. The molecular weight excluding hydrogens is 260 g/mol. The van der Waals surface area contributed by atoms with Crippen molar-refractivity contribution >= 4 is 11.9 Å². The van der Waals surface area contributed by atoms with Crippen molar-refractivity contribution in [2.45, 2.75) is 31.6 Å². The number of carbonyl (C=O) groups excluding carboxylic acids is 1. The van der Waals surface area contributed by atoms with E-state index in [0.29, 0.717) is 6.54 Å². The fourth-order valence-electron chi connectivity index (χ4n) is 3.13. The Morgan fingerprint density at radius 3 is 2.75 bits per heavy atom. The zero-order chi connectivity index (χ0) is 14.1. The Kier molecular flexibility index (Phi) is 3.40. The summed E-state index contributed by atoms with van der Waals surface area (Å²) in [6.07, 6.45) is 4.26. The molecule has 3 rings (SSSR count). The normalized spacial score (nSPS) is 31.2. The van der Waals surface area contributed by atoms with Crippen LogP contribution in [0.2, 0.25) is 0 Å². The lowest BCUT2D eigenvalue weighted by atomic mass is 9.78. The van der Waals surface area contributed by atoms with Gasteiger partial charge in [-0.15, -0.1) is 0 Å². The highest BCUT2D eigenvalue weighted by atomic mass is 16.5. The van der Waals surface area contributed by atoms with Gasteiger partial charge in [0, 0.05) is 18.9 Å². The van der Waals surface area contributed by atoms with Gasteiger partial charge in [-0.3, -0.25) is 14.6 Å². The van der Waals surface area contributed by atoms with Gasteiger partial charge in [0.1, 0.15) is 0 Å². The van der Waals surface area contributed by atoms with Gasteiger partial charge >= 0.3 is 5.97 Å². The summed E-state index contributed by atoms with van der Waals surface area (Å²) in [4.78, 5) is 27.5. The highest BCUT2D eigenvalue weighted by Crippen LogP contribution is 2.43. The van der Waals surface area contributed by atoms with Crippen LogP contribution in [0.25, 0.3) is 0 Å². The van der Waals surface area contributed by atoms with Crippen LogP contribution < -0.4 is 5.32 Å². The number of aromatic nitrogens is 1. The first-order chi connectivity index (χ1) is 9.66. The Balaban J connectivity index is 1.66. The first-order valence-electron chi connectivity index (χ1n) is 6.71. The monoisotopic (exact) mass is 276 g/mol. The summed E-state index contributed by atoms with van der Waals surface area (Å²) in [5, 5.41) is 12.1. The van der Waals surface area contributed by atoms with E-state index in [2.05, 4.69) is 10.3 Å². The van der Waals surface area contributed by atoms with E-state index in [1.165, 1.54) is 0 Å². The number of rotatable bonds is 4. The van der Waals surface area contributed by atoms with Crippen LogP contribution in [0.3, 0.4) is 0 Å². The molecule has 1 aromatic heterocycles. The molecule has 0 unspecified atom stereocenters. The molecule has 1 amide bonds. The van der Waals surface area contributed by atoms with Gasteiger partial charge in [-0.2, -0.15) is 0 Å². The fraction of sp³-hybridized carbons (Fsp3) is 0.500. The molecule has 106 valence electrons. The summed E-state index contributed by atoms with van der Waals surface area (Å²) in [5.41, 5.74) is 0.886. The summed E-state index contributed by atoms with van der Waals surface area (Å²) < 4.78 is 5.58. The van der Waals surface area contributed by atoms with Crippen molar-refractivity contribution in [1.29, 1.82) is 0 Å². The molecule has 20 heavy (non-hydrogen) atoms. The SMILES string of the molecule is O=C(O)[C@@H]1[C@H](C(=O)NCc2cccnc2)[C@@H]2CC[C@H]1O2. The van der Waals surface area contributed by atoms with Crippen molar-refractivity contribution in [1.82, 2.24) is 10.3 Å². The maximum Gasteiger partial charge on any atom is 0.310 e. The van der Waals surface area contributed by atoms with Gasteiger partial charge in [0.15, 0.2) is 0 Å². The van der Waals surface area contributed by atoms with E-state index in [4.69, 9.17) is 4.74 Å². The van der Waals surface area contributed by atoms with Crippen LogP contribution in [0.15, 0.2) is 24.5 Å². The van der Waals surface area contributed by atoms with Crippen molar-refractivity contribution in [3.63, 3.8) is 0 Å². The summed E-state index contributed by atoms with van der Waals surface area (Å²) in [6.45, 7) is 0.354. The standard InChI is InChI=1S/C14H16N2O4/c17-13(16-7-8-2-1-5-15-6-8)11-9-3-4-10(20-9)12(11)14(18)19/h1-2,5-6,9-12H,3-4,7H2,(H,16,17)(H,18,19)/t9-,10+,11+,12-/m0/s1. The number of hydrogen-bond donors (Lipinski definition) is 2. The quantitative estimate of drug-likeness (QED) is 0.839. The molecular formula is C14H16N2O4. The van der Waals surface area contributed by atoms with Crippen LogP contribution in [-0.2, 0) is 20.9 Å². The van der Waals surface area contributed by atoms with Gasteiger partial charge in [0.05, 0.1) is 24.0 Å². The number of aliphatic carboxylic acids is 1. The molecule has 0 aliphatic carbocycles. The Hall–Kier alpha value is -1.95. The molecule has 0 radical (unpaired) electrons. The van der Waals surface area contributed by atoms with Gasteiger partial charge in [-0.25, -0.2) is 0 Å². The fourth-order valence-corrected chi connectivity index (χ4v) is 3.13. The molecule has 2 aliphatic rings.